The maximum Gasteiger partial charge on any atom is 0.233 e. The van der Waals surface area contributed by atoms with Crippen LogP contribution in [0, 0.1) is 0 Å². The van der Waals surface area contributed by atoms with Crippen molar-refractivity contribution in [2.45, 2.75) is 19.8 Å². The van der Waals surface area contributed by atoms with Crippen LogP contribution in [0.5, 0.6) is 0 Å². The van der Waals surface area contributed by atoms with Crippen molar-refractivity contribution in [2.75, 3.05) is 19.6 Å². The molecule has 0 saturated heterocycles. The molecule has 1 aromatic rings. The predicted octanol–water partition coefficient (Wildman–Crippen LogP) is -0.527. The van der Waals surface area contributed by atoms with Gasteiger partial charge in [-0.2, -0.15) is 5.10 Å². The van der Waals surface area contributed by atoms with Gasteiger partial charge in [0.2, 0.25) is 5.91 Å². The Morgan fingerprint density at radius 1 is 1.50 bits per heavy atom. The van der Waals surface area contributed by atoms with E-state index in [1.807, 2.05) is 14.0 Å². The van der Waals surface area contributed by atoms with Crippen LogP contribution < -0.4 is 10.6 Å². The molecule has 90 valence electrons. The van der Waals surface area contributed by atoms with Crippen molar-refractivity contribution in [3.63, 3.8) is 0 Å². The third kappa shape index (κ3) is 4.88. The summed E-state index contributed by atoms with van der Waals surface area (Å²) >= 11 is 0. The number of aromatic nitrogens is 3. The number of carbonyl (C=O) groups excluding carboxylic acids is 1. The minimum atomic E-state index is 0.0378. The van der Waals surface area contributed by atoms with Gasteiger partial charge in [0.1, 0.15) is 6.33 Å². The number of carbonyl (C=O) groups is 1. The Labute approximate surface area is 95.4 Å². The molecule has 1 rings (SSSR count). The molecule has 0 bridgehead atoms. The van der Waals surface area contributed by atoms with Gasteiger partial charge in [-0.1, -0.05) is 6.92 Å². The molecule has 0 unspecified atom stereocenters. The number of amides is 1. The van der Waals surface area contributed by atoms with Gasteiger partial charge < -0.3 is 10.6 Å². The zero-order valence-corrected chi connectivity index (χ0v) is 9.86. The quantitative estimate of drug-likeness (QED) is 0.612. The third-order valence-corrected chi connectivity index (χ3v) is 2.03. The molecule has 6 heteroatoms. The Balaban J connectivity index is 2.05. The van der Waals surface area contributed by atoms with Gasteiger partial charge in [0.15, 0.2) is 5.82 Å². The van der Waals surface area contributed by atoms with E-state index < -0.39 is 0 Å². The topological polar surface area (TPSA) is 71.8 Å². The van der Waals surface area contributed by atoms with Crippen LogP contribution in [-0.4, -0.2) is 40.3 Å². The second-order valence-corrected chi connectivity index (χ2v) is 3.61. The van der Waals surface area contributed by atoms with Crippen LogP contribution in [0.2, 0.25) is 0 Å². The van der Waals surface area contributed by atoms with Gasteiger partial charge in [0, 0.05) is 26.6 Å². The lowest BCUT2D eigenvalue weighted by Gasteiger charge is -2.04. The fourth-order valence-electron chi connectivity index (χ4n) is 1.23. The molecule has 0 fully saturated rings. The Kier molecular flexibility index (Phi) is 5.49. The van der Waals surface area contributed by atoms with Crippen molar-refractivity contribution >= 4 is 5.91 Å². The zero-order valence-electron chi connectivity index (χ0n) is 9.86. The molecule has 0 aliphatic carbocycles. The molecule has 0 aromatic carbocycles. The molecule has 0 radical (unpaired) electrons. The Morgan fingerprint density at radius 2 is 2.31 bits per heavy atom. The number of hydrogen-bond donors (Lipinski definition) is 2. The summed E-state index contributed by atoms with van der Waals surface area (Å²) < 4.78 is 1.67. The van der Waals surface area contributed by atoms with E-state index >= 15 is 0 Å². The summed E-state index contributed by atoms with van der Waals surface area (Å²) in [5.74, 6) is 0.833. The lowest BCUT2D eigenvalue weighted by atomic mass is 10.4. The normalized spacial score (nSPS) is 10.4. The summed E-state index contributed by atoms with van der Waals surface area (Å²) in [5.41, 5.74) is 0. The van der Waals surface area contributed by atoms with E-state index in [1.165, 1.54) is 0 Å². The Bertz CT molecular complexity index is 323. The van der Waals surface area contributed by atoms with Crippen LogP contribution in [0.25, 0.3) is 0 Å². The molecule has 1 aromatic heterocycles. The van der Waals surface area contributed by atoms with Gasteiger partial charge in [-0.25, -0.2) is 4.98 Å². The molecule has 6 nitrogen and oxygen atoms in total. The number of aryl methyl sites for hydroxylation is 1. The smallest absolute Gasteiger partial charge is 0.233 e. The van der Waals surface area contributed by atoms with E-state index in [-0.39, 0.29) is 5.91 Å². The maximum absolute atomic E-state index is 11.2. The maximum atomic E-state index is 11.2. The first-order chi connectivity index (χ1) is 7.72. The zero-order chi connectivity index (χ0) is 11.8. The second kappa shape index (κ2) is 6.95. The Morgan fingerprint density at radius 3 is 2.94 bits per heavy atom. The Hall–Kier alpha value is -1.43. The molecule has 1 heterocycles. The van der Waals surface area contributed by atoms with Crippen LogP contribution in [0.4, 0.5) is 0 Å². The minimum absolute atomic E-state index is 0.0378. The van der Waals surface area contributed by atoms with Gasteiger partial charge in [0.25, 0.3) is 0 Å². The molecule has 0 aliphatic rings. The van der Waals surface area contributed by atoms with Gasteiger partial charge in [-0.3, -0.25) is 9.48 Å². The fourth-order valence-corrected chi connectivity index (χ4v) is 1.23. The van der Waals surface area contributed by atoms with E-state index in [0.29, 0.717) is 13.1 Å². The minimum Gasteiger partial charge on any atom is -0.355 e. The number of nitrogens with one attached hydrogen (secondary N) is 2. The highest BCUT2D eigenvalue weighted by atomic mass is 16.1. The van der Waals surface area contributed by atoms with E-state index in [4.69, 9.17) is 0 Å². The van der Waals surface area contributed by atoms with Gasteiger partial charge in [-0.05, 0) is 6.42 Å². The molecule has 0 aliphatic heterocycles. The molecule has 0 saturated carbocycles. The van der Waals surface area contributed by atoms with Crippen LogP contribution in [0.1, 0.15) is 19.2 Å². The first-order valence-corrected chi connectivity index (χ1v) is 5.54. The second-order valence-electron chi connectivity index (χ2n) is 3.61. The first kappa shape index (κ1) is 12.6. The largest absolute Gasteiger partial charge is 0.355 e. The molecule has 0 atom stereocenters. The lowest BCUT2D eigenvalue weighted by Crippen LogP contribution is -2.35. The summed E-state index contributed by atoms with van der Waals surface area (Å²) in [6, 6.07) is 0. The van der Waals surface area contributed by atoms with Crippen LogP contribution in [0.3, 0.4) is 0 Å². The van der Waals surface area contributed by atoms with Crippen molar-refractivity contribution in [1.82, 2.24) is 25.4 Å². The summed E-state index contributed by atoms with van der Waals surface area (Å²) in [6.07, 6.45) is 3.37. The molecular weight excluding hydrogens is 206 g/mol. The molecule has 1 amide bonds. The van der Waals surface area contributed by atoms with Crippen molar-refractivity contribution in [3.8, 4) is 0 Å². The number of nitrogens with zero attached hydrogens (tertiary/aromatic N) is 3. The summed E-state index contributed by atoms with van der Waals surface area (Å²) in [7, 11) is 1.84. The standard InChI is InChI=1S/C10H19N5O/c1-3-5-12-10(16)7-11-6-4-9-13-8-15(2)14-9/h8,11H,3-7H2,1-2H3,(H,12,16). The highest BCUT2D eigenvalue weighted by Gasteiger charge is 2.00. The van der Waals surface area contributed by atoms with Gasteiger partial charge in [0.05, 0.1) is 6.54 Å². The predicted molar refractivity (Wildman–Crippen MR) is 60.9 cm³/mol. The number of rotatable bonds is 7. The molecule has 0 spiro atoms. The lowest BCUT2D eigenvalue weighted by molar-refractivity contribution is -0.120. The monoisotopic (exact) mass is 225 g/mol. The molecule has 16 heavy (non-hydrogen) atoms. The van der Waals surface area contributed by atoms with E-state index in [1.54, 1.807) is 11.0 Å². The van der Waals surface area contributed by atoms with Crippen LogP contribution >= 0.6 is 0 Å². The van der Waals surface area contributed by atoms with Crippen molar-refractivity contribution in [1.29, 1.82) is 0 Å². The average Bonchev–Trinajstić information content (AvgIpc) is 2.67. The van der Waals surface area contributed by atoms with E-state index in [0.717, 1.165) is 25.2 Å². The van der Waals surface area contributed by atoms with Gasteiger partial charge >= 0.3 is 0 Å². The summed E-state index contributed by atoms with van der Waals surface area (Å²) in [6.45, 7) is 3.83. The van der Waals surface area contributed by atoms with Gasteiger partial charge in [-0.15, -0.1) is 0 Å². The molecular formula is C10H19N5O. The number of hydrogen-bond acceptors (Lipinski definition) is 4. The summed E-state index contributed by atoms with van der Waals surface area (Å²) in [4.78, 5) is 15.3. The third-order valence-electron chi connectivity index (χ3n) is 2.03. The highest BCUT2D eigenvalue weighted by molar-refractivity contribution is 5.77. The van der Waals surface area contributed by atoms with Crippen LogP contribution in [-0.2, 0) is 18.3 Å². The van der Waals surface area contributed by atoms with E-state index in [9.17, 15) is 4.79 Å². The van der Waals surface area contributed by atoms with E-state index in [2.05, 4.69) is 20.7 Å². The average molecular weight is 225 g/mol. The van der Waals surface area contributed by atoms with Crippen molar-refractivity contribution < 1.29 is 4.79 Å². The van der Waals surface area contributed by atoms with Crippen molar-refractivity contribution in [3.05, 3.63) is 12.2 Å². The molecule has 2 N–H and O–H groups in total. The van der Waals surface area contributed by atoms with Crippen molar-refractivity contribution in [2.24, 2.45) is 7.05 Å². The highest BCUT2D eigenvalue weighted by Crippen LogP contribution is 1.87. The fraction of sp³-hybridized carbons (Fsp3) is 0.700. The first-order valence-electron chi connectivity index (χ1n) is 5.54. The summed E-state index contributed by atoms with van der Waals surface area (Å²) in [5, 5.41) is 9.99. The van der Waals surface area contributed by atoms with Crippen LogP contribution in [0.15, 0.2) is 6.33 Å². The SMILES string of the molecule is CCCNC(=O)CNCCc1ncn(C)n1.